The number of hydrogen-bond acceptors (Lipinski definition) is 3. The Morgan fingerprint density at radius 2 is 1.81 bits per heavy atom. The molecule has 0 radical (unpaired) electrons. The van der Waals surface area contributed by atoms with E-state index in [-0.39, 0.29) is 12.0 Å². The fourth-order valence-electron chi connectivity index (χ4n) is 2.12. The summed E-state index contributed by atoms with van der Waals surface area (Å²) in [6.45, 7) is 8.27. The highest BCUT2D eigenvalue weighted by Gasteiger charge is 2.39. The molecule has 2 rings (SSSR count). The molecule has 0 saturated heterocycles. The van der Waals surface area contributed by atoms with Gasteiger partial charge in [0.15, 0.2) is 0 Å². The van der Waals surface area contributed by atoms with Gasteiger partial charge in [0.25, 0.3) is 0 Å². The molecule has 1 fully saturated rings. The molecule has 2 N–H and O–H groups in total. The Kier molecular flexibility index (Phi) is 4.28. The highest BCUT2D eigenvalue weighted by Crippen LogP contribution is 2.26. The third-order valence-electron chi connectivity index (χ3n) is 3.82. The minimum atomic E-state index is -1.04. The Morgan fingerprint density at radius 1 is 1.24 bits per heavy atom. The Hall–Kier alpha value is -1.55. The molecule has 4 heteroatoms. The minimum Gasteiger partial charge on any atom is -0.491 e. The molecular weight excluding hydrogens is 266 g/mol. The highest BCUT2D eigenvalue weighted by atomic mass is 16.5. The topological polar surface area (TPSA) is 58.6 Å². The Morgan fingerprint density at radius 3 is 2.24 bits per heavy atom. The van der Waals surface area contributed by atoms with Crippen LogP contribution in [0.5, 0.6) is 5.75 Å². The van der Waals surface area contributed by atoms with Gasteiger partial charge in [-0.25, -0.2) is 0 Å². The molecule has 1 aromatic carbocycles. The predicted molar refractivity (Wildman–Crippen MR) is 82.8 cm³/mol. The second kappa shape index (κ2) is 5.68. The van der Waals surface area contributed by atoms with E-state index >= 15 is 0 Å². The molecule has 0 bridgehead atoms. The molecule has 116 valence electrons. The van der Waals surface area contributed by atoms with Crippen LogP contribution in [-0.2, 0) is 10.2 Å². The summed E-state index contributed by atoms with van der Waals surface area (Å²) in [5, 5.41) is 12.5. The normalized spacial score (nSPS) is 18.1. The fraction of sp³-hybridized carbons (Fsp3) is 0.588. The molecule has 1 atom stereocenters. The Labute approximate surface area is 126 Å². The first-order valence-electron chi connectivity index (χ1n) is 7.45. The summed E-state index contributed by atoms with van der Waals surface area (Å²) in [7, 11) is 0. The van der Waals surface area contributed by atoms with Crippen LogP contribution in [0.25, 0.3) is 0 Å². The smallest absolute Gasteiger partial charge is 0.327 e. The van der Waals surface area contributed by atoms with Crippen LogP contribution in [0.1, 0.15) is 46.1 Å². The van der Waals surface area contributed by atoms with E-state index in [1.807, 2.05) is 24.3 Å². The molecular formula is C17H25NO3. The summed E-state index contributed by atoms with van der Waals surface area (Å²) >= 11 is 0. The van der Waals surface area contributed by atoms with Crippen molar-refractivity contribution < 1.29 is 14.6 Å². The average Bonchev–Trinajstić information content (AvgIpc) is 3.19. The van der Waals surface area contributed by atoms with Gasteiger partial charge >= 0.3 is 5.97 Å². The van der Waals surface area contributed by atoms with E-state index in [0.717, 1.165) is 12.8 Å². The Bertz CT molecular complexity index is 500. The SMILES string of the molecule is CC(COc1ccc(C(C)(C)C)cc1)(NC1CC1)C(=O)O. The number of carbonyl (C=O) groups is 1. The van der Waals surface area contributed by atoms with Crippen molar-refractivity contribution in [3.8, 4) is 5.75 Å². The van der Waals surface area contributed by atoms with E-state index in [2.05, 4.69) is 26.1 Å². The van der Waals surface area contributed by atoms with Crippen molar-refractivity contribution in [1.29, 1.82) is 0 Å². The maximum absolute atomic E-state index is 11.4. The molecule has 1 aromatic rings. The van der Waals surface area contributed by atoms with Gasteiger partial charge in [-0.05, 0) is 42.9 Å². The van der Waals surface area contributed by atoms with Crippen molar-refractivity contribution in [1.82, 2.24) is 5.32 Å². The maximum Gasteiger partial charge on any atom is 0.327 e. The number of aliphatic carboxylic acids is 1. The van der Waals surface area contributed by atoms with Crippen LogP contribution in [-0.4, -0.2) is 29.3 Å². The molecule has 0 amide bonds. The molecule has 0 spiro atoms. The maximum atomic E-state index is 11.4. The van der Waals surface area contributed by atoms with Crippen LogP contribution in [0.3, 0.4) is 0 Å². The minimum absolute atomic E-state index is 0.0988. The van der Waals surface area contributed by atoms with E-state index in [0.29, 0.717) is 11.8 Å². The van der Waals surface area contributed by atoms with Gasteiger partial charge in [-0.1, -0.05) is 32.9 Å². The van der Waals surface area contributed by atoms with Gasteiger partial charge in [-0.2, -0.15) is 0 Å². The zero-order valence-electron chi connectivity index (χ0n) is 13.3. The quantitative estimate of drug-likeness (QED) is 0.846. The van der Waals surface area contributed by atoms with E-state index in [1.54, 1.807) is 6.92 Å². The molecule has 0 heterocycles. The molecule has 1 saturated carbocycles. The molecule has 1 aliphatic carbocycles. The van der Waals surface area contributed by atoms with E-state index in [1.165, 1.54) is 5.56 Å². The number of benzene rings is 1. The van der Waals surface area contributed by atoms with E-state index in [9.17, 15) is 9.90 Å². The lowest BCUT2D eigenvalue weighted by Gasteiger charge is -2.26. The average molecular weight is 291 g/mol. The summed E-state index contributed by atoms with van der Waals surface area (Å²) < 4.78 is 5.69. The van der Waals surface area contributed by atoms with Crippen molar-refractivity contribution in [2.75, 3.05) is 6.61 Å². The summed E-state index contributed by atoms with van der Waals surface area (Å²) in [6, 6.07) is 8.18. The van der Waals surface area contributed by atoms with Crippen LogP contribution in [0.2, 0.25) is 0 Å². The van der Waals surface area contributed by atoms with Gasteiger partial charge in [0.05, 0.1) is 0 Å². The lowest BCUT2D eigenvalue weighted by Crippen LogP contribution is -2.54. The number of rotatable bonds is 6. The van der Waals surface area contributed by atoms with Crippen LogP contribution >= 0.6 is 0 Å². The first-order valence-corrected chi connectivity index (χ1v) is 7.45. The first kappa shape index (κ1) is 15.8. The van der Waals surface area contributed by atoms with Gasteiger partial charge in [-0.15, -0.1) is 0 Å². The lowest BCUT2D eigenvalue weighted by molar-refractivity contribution is -0.145. The van der Waals surface area contributed by atoms with Crippen molar-refractivity contribution in [2.24, 2.45) is 0 Å². The summed E-state index contributed by atoms with van der Waals surface area (Å²) in [5.41, 5.74) is 0.290. The van der Waals surface area contributed by atoms with Gasteiger partial charge in [0, 0.05) is 6.04 Å². The second-order valence-electron chi connectivity index (χ2n) is 7.12. The number of carboxylic acid groups (broad SMARTS) is 1. The zero-order chi connectivity index (χ0) is 15.7. The molecule has 21 heavy (non-hydrogen) atoms. The number of carboxylic acids is 1. The molecule has 0 aromatic heterocycles. The fourth-order valence-corrected chi connectivity index (χ4v) is 2.12. The third kappa shape index (κ3) is 4.21. The summed E-state index contributed by atoms with van der Waals surface area (Å²) in [4.78, 5) is 11.4. The third-order valence-corrected chi connectivity index (χ3v) is 3.82. The van der Waals surface area contributed by atoms with Crippen LogP contribution in [0.4, 0.5) is 0 Å². The largest absolute Gasteiger partial charge is 0.491 e. The summed E-state index contributed by atoms with van der Waals surface area (Å²) in [6.07, 6.45) is 2.09. The lowest BCUT2D eigenvalue weighted by atomic mass is 9.87. The molecule has 4 nitrogen and oxygen atoms in total. The van der Waals surface area contributed by atoms with Crippen molar-refractivity contribution >= 4 is 5.97 Å². The number of nitrogens with one attached hydrogen (secondary N) is 1. The number of ether oxygens (including phenoxy) is 1. The predicted octanol–water partition coefficient (Wildman–Crippen LogP) is 2.96. The summed E-state index contributed by atoms with van der Waals surface area (Å²) in [5.74, 6) is -0.172. The molecule has 0 aliphatic heterocycles. The molecule has 1 aliphatic rings. The van der Waals surface area contributed by atoms with Crippen molar-refractivity contribution in [2.45, 2.75) is 57.5 Å². The molecule has 1 unspecified atom stereocenters. The van der Waals surface area contributed by atoms with Gasteiger partial charge in [-0.3, -0.25) is 10.1 Å². The van der Waals surface area contributed by atoms with Gasteiger partial charge in [0.1, 0.15) is 17.9 Å². The standard InChI is InChI=1S/C17H25NO3/c1-16(2,3)12-5-9-14(10-6-12)21-11-17(4,15(19)20)18-13-7-8-13/h5-6,9-10,13,18H,7-8,11H2,1-4H3,(H,19,20). The monoisotopic (exact) mass is 291 g/mol. The number of hydrogen-bond donors (Lipinski definition) is 2. The van der Waals surface area contributed by atoms with Crippen molar-refractivity contribution in [3.05, 3.63) is 29.8 Å². The van der Waals surface area contributed by atoms with E-state index < -0.39 is 11.5 Å². The Balaban J connectivity index is 1.98. The van der Waals surface area contributed by atoms with Crippen LogP contribution in [0.15, 0.2) is 24.3 Å². The van der Waals surface area contributed by atoms with Crippen molar-refractivity contribution in [3.63, 3.8) is 0 Å². The van der Waals surface area contributed by atoms with Crippen LogP contribution < -0.4 is 10.1 Å². The first-order chi connectivity index (χ1) is 9.71. The second-order valence-corrected chi connectivity index (χ2v) is 7.12. The van der Waals surface area contributed by atoms with Crippen LogP contribution in [0, 0.1) is 0 Å². The van der Waals surface area contributed by atoms with Gasteiger partial charge < -0.3 is 9.84 Å². The van der Waals surface area contributed by atoms with E-state index in [4.69, 9.17) is 4.74 Å². The highest BCUT2D eigenvalue weighted by molar-refractivity contribution is 5.78. The van der Waals surface area contributed by atoms with Gasteiger partial charge in [0.2, 0.25) is 0 Å². The zero-order valence-corrected chi connectivity index (χ0v) is 13.3.